The molecule has 1 aromatic rings. The Kier molecular flexibility index (Phi) is 10.8. The van der Waals surface area contributed by atoms with E-state index in [0.717, 1.165) is 63.4 Å². The van der Waals surface area contributed by atoms with Crippen molar-refractivity contribution in [3.8, 4) is 0 Å². The topological polar surface area (TPSA) is 39.7 Å². The number of hydrogen-bond donors (Lipinski definition) is 2. The Balaban J connectivity index is 0.00000338. The van der Waals surface area contributed by atoms with Gasteiger partial charge in [0.2, 0.25) is 0 Å². The number of aryl methyl sites for hydroxylation is 1. The summed E-state index contributed by atoms with van der Waals surface area (Å²) in [6, 6.07) is 7.28. The van der Waals surface area contributed by atoms with Crippen molar-refractivity contribution in [2.45, 2.75) is 38.6 Å². The van der Waals surface area contributed by atoms with Crippen LogP contribution in [-0.2, 0) is 6.42 Å². The number of benzene rings is 1. The number of rotatable bonds is 7. The van der Waals surface area contributed by atoms with Crippen molar-refractivity contribution in [1.29, 1.82) is 0 Å². The molecule has 1 saturated heterocycles. The Morgan fingerprint density at radius 3 is 2.69 bits per heavy atom. The Morgan fingerprint density at radius 1 is 1.35 bits per heavy atom. The van der Waals surface area contributed by atoms with Crippen molar-refractivity contribution in [2.75, 3.05) is 33.2 Å². The molecule has 4 nitrogen and oxygen atoms in total. The maximum atomic E-state index is 13.2. The quantitative estimate of drug-likeness (QED) is 0.209. The second-order valence-electron chi connectivity index (χ2n) is 6.88. The summed E-state index contributed by atoms with van der Waals surface area (Å²) in [4.78, 5) is 6.77. The highest BCUT2D eigenvalue weighted by atomic mass is 127. The van der Waals surface area contributed by atoms with E-state index in [1.54, 1.807) is 19.2 Å². The van der Waals surface area contributed by atoms with E-state index in [1.807, 2.05) is 6.07 Å². The van der Waals surface area contributed by atoms with Crippen LogP contribution in [-0.4, -0.2) is 50.1 Å². The molecule has 0 bridgehead atoms. The Bertz CT molecular complexity index is 583. The lowest BCUT2D eigenvalue weighted by atomic mass is 10.0. The maximum absolute atomic E-state index is 13.2. The van der Waals surface area contributed by atoms with E-state index >= 15 is 0 Å². The molecule has 0 aromatic heterocycles. The first kappa shape index (κ1) is 22.9. The van der Waals surface area contributed by atoms with Crippen molar-refractivity contribution in [3.63, 3.8) is 0 Å². The standard InChI is InChI=1S/C20H31FN4.HI/c1-16(2)15-25-12-9-19(10-13-25)24-20(22-3)23-11-5-7-17-6-4-8-18(21)14-17;/h4,6,8,14,19H,1,5,7,9-13,15H2,2-3H3,(H2,22,23,24);1H. The van der Waals surface area contributed by atoms with Gasteiger partial charge in [0.15, 0.2) is 5.96 Å². The van der Waals surface area contributed by atoms with Crippen LogP contribution in [0.5, 0.6) is 0 Å². The molecule has 0 spiro atoms. The summed E-state index contributed by atoms with van der Waals surface area (Å²) < 4.78 is 13.2. The molecule has 0 atom stereocenters. The van der Waals surface area contributed by atoms with Crippen LogP contribution in [0.3, 0.4) is 0 Å². The van der Waals surface area contributed by atoms with E-state index in [0.29, 0.717) is 6.04 Å². The summed E-state index contributed by atoms with van der Waals surface area (Å²) in [7, 11) is 1.80. The van der Waals surface area contributed by atoms with Gasteiger partial charge in [-0.2, -0.15) is 0 Å². The molecule has 2 N–H and O–H groups in total. The van der Waals surface area contributed by atoms with Gasteiger partial charge in [0.05, 0.1) is 0 Å². The summed E-state index contributed by atoms with van der Waals surface area (Å²) in [5.74, 6) is 0.693. The van der Waals surface area contributed by atoms with E-state index in [1.165, 1.54) is 11.6 Å². The number of piperidine rings is 1. The monoisotopic (exact) mass is 474 g/mol. The van der Waals surface area contributed by atoms with Gasteiger partial charge in [-0.05, 0) is 50.3 Å². The first-order valence-electron chi connectivity index (χ1n) is 9.15. The van der Waals surface area contributed by atoms with Gasteiger partial charge in [-0.1, -0.05) is 24.3 Å². The number of halogens is 2. The van der Waals surface area contributed by atoms with Gasteiger partial charge in [0, 0.05) is 39.3 Å². The predicted molar refractivity (Wildman–Crippen MR) is 119 cm³/mol. The van der Waals surface area contributed by atoms with Gasteiger partial charge in [-0.25, -0.2) is 4.39 Å². The number of guanidine groups is 1. The smallest absolute Gasteiger partial charge is 0.191 e. The van der Waals surface area contributed by atoms with Gasteiger partial charge in [-0.3, -0.25) is 9.89 Å². The molecular formula is C20H32FIN4. The van der Waals surface area contributed by atoms with E-state index in [-0.39, 0.29) is 29.8 Å². The SMILES string of the molecule is C=C(C)CN1CCC(NC(=NC)NCCCc2cccc(F)c2)CC1.I. The fourth-order valence-corrected chi connectivity index (χ4v) is 3.20. The van der Waals surface area contributed by atoms with Crippen LogP contribution < -0.4 is 10.6 Å². The van der Waals surface area contributed by atoms with Gasteiger partial charge in [-0.15, -0.1) is 24.0 Å². The molecule has 0 saturated carbocycles. The summed E-state index contributed by atoms with van der Waals surface area (Å²) in [5.41, 5.74) is 2.26. The summed E-state index contributed by atoms with van der Waals surface area (Å²) in [5, 5.41) is 6.88. The van der Waals surface area contributed by atoms with E-state index < -0.39 is 0 Å². The lowest BCUT2D eigenvalue weighted by Crippen LogP contribution is -2.49. The Hall–Kier alpha value is -1.15. The maximum Gasteiger partial charge on any atom is 0.191 e. The molecule has 1 aromatic carbocycles. The molecule has 26 heavy (non-hydrogen) atoms. The normalized spacial score (nSPS) is 16.0. The molecule has 1 aliphatic heterocycles. The lowest BCUT2D eigenvalue weighted by molar-refractivity contribution is 0.221. The molecule has 0 aliphatic carbocycles. The molecule has 6 heteroatoms. The number of hydrogen-bond acceptors (Lipinski definition) is 2. The predicted octanol–water partition coefficient (Wildman–Crippen LogP) is 3.58. The van der Waals surface area contributed by atoms with Gasteiger partial charge >= 0.3 is 0 Å². The number of aliphatic imine (C=N–C) groups is 1. The average molecular weight is 474 g/mol. The Morgan fingerprint density at radius 2 is 2.08 bits per heavy atom. The zero-order valence-corrected chi connectivity index (χ0v) is 18.3. The molecule has 1 heterocycles. The molecular weight excluding hydrogens is 442 g/mol. The lowest BCUT2D eigenvalue weighted by Gasteiger charge is -2.33. The summed E-state index contributed by atoms with van der Waals surface area (Å²) in [6.07, 6.45) is 4.05. The molecule has 0 radical (unpaired) electrons. The van der Waals surface area contributed by atoms with Crippen LogP contribution in [0.2, 0.25) is 0 Å². The first-order chi connectivity index (χ1) is 12.1. The number of nitrogens with one attached hydrogen (secondary N) is 2. The zero-order valence-electron chi connectivity index (χ0n) is 15.9. The third-order valence-electron chi connectivity index (χ3n) is 4.47. The van der Waals surface area contributed by atoms with E-state index in [9.17, 15) is 4.39 Å². The van der Waals surface area contributed by atoms with Crippen LogP contribution in [0.15, 0.2) is 41.4 Å². The number of likely N-dealkylation sites (tertiary alicyclic amines) is 1. The fraction of sp³-hybridized carbons (Fsp3) is 0.550. The Labute approximate surface area is 174 Å². The zero-order chi connectivity index (χ0) is 18.1. The molecule has 146 valence electrons. The minimum absolute atomic E-state index is 0. The minimum Gasteiger partial charge on any atom is -0.356 e. The van der Waals surface area contributed by atoms with Crippen LogP contribution in [0.1, 0.15) is 31.7 Å². The first-order valence-corrected chi connectivity index (χ1v) is 9.15. The van der Waals surface area contributed by atoms with Gasteiger partial charge in [0.1, 0.15) is 5.82 Å². The highest BCUT2D eigenvalue weighted by Crippen LogP contribution is 2.11. The second kappa shape index (κ2) is 12.3. The van der Waals surface area contributed by atoms with Crippen molar-refractivity contribution in [1.82, 2.24) is 15.5 Å². The van der Waals surface area contributed by atoms with E-state index in [4.69, 9.17) is 0 Å². The minimum atomic E-state index is -0.166. The highest BCUT2D eigenvalue weighted by molar-refractivity contribution is 14.0. The average Bonchev–Trinajstić information content (AvgIpc) is 2.59. The van der Waals surface area contributed by atoms with Crippen molar-refractivity contribution in [2.24, 2.45) is 4.99 Å². The molecule has 0 amide bonds. The largest absolute Gasteiger partial charge is 0.356 e. The van der Waals surface area contributed by atoms with E-state index in [2.05, 4.69) is 34.0 Å². The van der Waals surface area contributed by atoms with Crippen molar-refractivity contribution >= 4 is 29.9 Å². The third kappa shape index (κ3) is 8.49. The molecule has 1 aliphatic rings. The molecule has 2 rings (SSSR count). The van der Waals surface area contributed by atoms with Crippen LogP contribution in [0.25, 0.3) is 0 Å². The van der Waals surface area contributed by atoms with Gasteiger partial charge in [0.25, 0.3) is 0 Å². The fourth-order valence-electron chi connectivity index (χ4n) is 3.20. The van der Waals surface area contributed by atoms with Crippen molar-refractivity contribution < 1.29 is 4.39 Å². The number of nitrogens with zero attached hydrogens (tertiary/aromatic N) is 2. The van der Waals surface area contributed by atoms with Crippen LogP contribution in [0, 0.1) is 5.82 Å². The van der Waals surface area contributed by atoms with Crippen molar-refractivity contribution in [3.05, 3.63) is 47.8 Å². The van der Waals surface area contributed by atoms with Crippen LogP contribution >= 0.6 is 24.0 Å². The second-order valence-corrected chi connectivity index (χ2v) is 6.88. The third-order valence-corrected chi connectivity index (χ3v) is 4.47. The molecule has 0 unspecified atom stereocenters. The molecule has 1 fully saturated rings. The highest BCUT2D eigenvalue weighted by Gasteiger charge is 2.19. The summed E-state index contributed by atoms with van der Waals surface area (Å²) in [6.45, 7) is 10.1. The summed E-state index contributed by atoms with van der Waals surface area (Å²) >= 11 is 0. The van der Waals surface area contributed by atoms with Crippen LogP contribution in [0.4, 0.5) is 4.39 Å². The van der Waals surface area contributed by atoms with Gasteiger partial charge < -0.3 is 10.6 Å².